The van der Waals surface area contributed by atoms with E-state index in [9.17, 15) is 23.3 Å². The Morgan fingerprint density at radius 3 is 2.55 bits per heavy atom. The van der Waals surface area contributed by atoms with Crippen molar-refractivity contribution in [3.63, 3.8) is 0 Å². The van der Waals surface area contributed by atoms with Crippen molar-refractivity contribution in [1.82, 2.24) is 4.31 Å². The van der Waals surface area contributed by atoms with Crippen molar-refractivity contribution in [2.75, 3.05) is 25.0 Å². The Labute approximate surface area is 181 Å². The predicted octanol–water partition coefficient (Wildman–Crippen LogP) is 3.52. The summed E-state index contributed by atoms with van der Waals surface area (Å²) in [6.45, 7) is 4.41. The first-order valence-electron chi connectivity index (χ1n) is 9.99. The normalized spacial score (nSPS) is 14.5. The number of ether oxygens (including phenoxy) is 1. The summed E-state index contributed by atoms with van der Waals surface area (Å²) < 4.78 is 32.0. The molecule has 0 unspecified atom stereocenters. The van der Waals surface area contributed by atoms with Crippen LogP contribution in [0.15, 0.2) is 47.4 Å². The van der Waals surface area contributed by atoms with E-state index in [1.54, 1.807) is 6.07 Å². The molecule has 0 radical (unpaired) electrons. The van der Waals surface area contributed by atoms with E-state index >= 15 is 0 Å². The summed E-state index contributed by atoms with van der Waals surface area (Å²) in [7, 11) is -3.80. The number of hydrogen-bond acceptors (Lipinski definition) is 6. The first kappa shape index (κ1) is 22.7. The van der Waals surface area contributed by atoms with Crippen LogP contribution in [0.5, 0.6) is 5.75 Å². The van der Waals surface area contributed by atoms with Gasteiger partial charge in [-0.1, -0.05) is 26.0 Å². The number of rotatable bonds is 8. The lowest BCUT2D eigenvalue weighted by atomic mass is 10.0. The number of amides is 1. The Balaban J connectivity index is 1.72. The molecule has 31 heavy (non-hydrogen) atoms. The van der Waals surface area contributed by atoms with Gasteiger partial charge in [0.15, 0.2) is 12.4 Å². The number of nitro groups is 1. The summed E-state index contributed by atoms with van der Waals surface area (Å²) in [6.07, 6.45) is 1.52. The van der Waals surface area contributed by atoms with Crippen molar-refractivity contribution in [3.05, 3.63) is 58.1 Å². The molecule has 10 heteroatoms. The van der Waals surface area contributed by atoms with E-state index in [1.807, 2.05) is 32.0 Å². The Morgan fingerprint density at radius 2 is 1.90 bits per heavy atom. The van der Waals surface area contributed by atoms with Crippen molar-refractivity contribution in [3.8, 4) is 5.75 Å². The topological polar surface area (TPSA) is 119 Å². The molecule has 1 N–H and O–H groups in total. The van der Waals surface area contributed by atoms with E-state index in [2.05, 4.69) is 5.32 Å². The summed E-state index contributed by atoms with van der Waals surface area (Å²) in [5, 5.41) is 14.2. The molecular weight excluding hydrogens is 422 g/mol. The minimum Gasteiger partial charge on any atom is -0.477 e. The first-order chi connectivity index (χ1) is 14.7. The van der Waals surface area contributed by atoms with Crippen LogP contribution in [0, 0.1) is 10.1 Å². The SMILES string of the molecule is CC(C)c1cccc(NC(=O)COc2ccc(S(=O)(=O)N3CCCC3)cc2[N+](=O)[O-])c1. The van der Waals surface area contributed by atoms with Gasteiger partial charge in [-0.15, -0.1) is 0 Å². The maximum absolute atomic E-state index is 12.7. The Morgan fingerprint density at radius 1 is 1.19 bits per heavy atom. The van der Waals surface area contributed by atoms with Gasteiger partial charge in [0.1, 0.15) is 0 Å². The quantitative estimate of drug-likeness (QED) is 0.488. The van der Waals surface area contributed by atoms with E-state index in [1.165, 1.54) is 16.4 Å². The summed E-state index contributed by atoms with van der Waals surface area (Å²) in [6, 6.07) is 10.8. The lowest BCUT2D eigenvalue weighted by molar-refractivity contribution is -0.386. The van der Waals surface area contributed by atoms with E-state index < -0.39 is 33.1 Å². The highest BCUT2D eigenvalue weighted by atomic mass is 32.2. The van der Waals surface area contributed by atoms with Gasteiger partial charge in [0.25, 0.3) is 5.91 Å². The minimum absolute atomic E-state index is 0.164. The molecule has 0 saturated carbocycles. The molecule has 1 fully saturated rings. The fraction of sp³-hybridized carbons (Fsp3) is 0.381. The molecule has 0 atom stereocenters. The third-order valence-electron chi connectivity index (χ3n) is 5.03. The Hall–Kier alpha value is -2.98. The second kappa shape index (κ2) is 9.44. The molecule has 2 aromatic carbocycles. The Bertz CT molecular complexity index is 1080. The van der Waals surface area contributed by atoms with Gasteiger partial charge in [0.2, 0.25) is 10.0 Å². The molecule has 0 aromatic heterocycles. The number of carbonyl (C=O) groups excluding carboxylic acids is 1. The number of hydrogen-bond donors (Lipinski definition) is 1. The average molecular weight is 448 g/mol. The highest BCUT2D eigenvalue weighted by Gasteiger charge is 2.30. The zero-order valence-electron chi connectivity index (χ0n) is 17.4. The molecule has 166 valence electrons. The highest BCUT2D eigenvalue weighted by molar-refractivity contribution is 7.89. The van der Waals surface area contributed by atoms with Gasteiger partial charge in [-0.05, 0) is 48.6 Å². The molecule has 1 aliphatic heterocycles. The summed E-state index contributed by atoms with van der Waals surface area (Å²) in [4.78, 5) is 22.8. The molecule has 1 heterocycles. The van der Waals surface area contributed by atoms with Crippen LogP contribution in [0.4, 0.5) is 11.4 Å². The first-order valence-corrected chi connectivity index (χ1v) is 11.4. The average Bonchev–Trinajstić information content (AvgIpc) is 3.28. The summed E-state index contributed by atoms with van der Waals surface area (Å²) in [5.41, 5.74) is 1.15. The molecular formula is C21H25N3O6S. The van der Waals surface area contributed by atoms with Crippen LogP contribution >= 0.6 is 0 Å². The zero-order chi connectivity index (χ0) is 22.6. The van der Waals surface area contributed by atoms with Crippen molar-refractivity contribution in [2.24, 2.45) is 0 Å². The fourth-order valence-corrected chi connectivity index (χ4v) is 4.85. The minimum atomic E-state index is -3.80. The van der Waals surface area contributed by atoms with Crippen LogP contribution < -0.4 is 10.1 Å². The van der Waals surface area contributed by atoms with Crippen molar-refractivity contribution in [1.29, 1.82) is 0 Å². The number of carbonyl (C=O) groups is 1. The lowest BCUT2D eigenvalue weighted by Crippen LogP contribution is -2.28. The van der Waals surface area contributed by atoms with Crippen LogP contribution in [0.25, 0.3) is 0 Å². The zero-order valence-corrected chi connectivity index (χ0v) is 18.2. The summed E-state index contributed by atoms with van der Waals surface area (Å²) in [5.74, 6) is -0.355. The number of anilines is 1. The second-order valence-corrected chi connectivity index (χ2v) is 9.55. The Kier molecular flexibility index (Phi) is 6.91. The smallest absolute Gasteiger partial charge is 0.312 e. The molecule has 0 bridgehead atoms. The second-order valence-electron chi connectivity index (χ2n) is 7.61. The van der Waals surface area contributed by atoms with Gasteiger partial charge in [-0.25, -0.2) is 8.42 Å². The highest BCUT2D eigenvalue weighted by Crippen LogP contribution is 2.32. The van der Waals surface area contributed by atoms with Gasteiger partial charge in [-0.2, -0.15) is 4.31 Å². The number of nitro benzene ring substituents is 1. The maximum atomic E-state index is 12.7. The molecule has 1 saturated heterocycles. The van der Waals surface area contributed by atoms with E-state index in [4.69, 9.17) is 4.74 Å². The molecule has 0 spiro atoms. The monoisotopic (exact) mass is 447 g/mol. The molecule has 9 nitrogen and oxygen atoms in total. The molecule has 3 rings (SSSR count). The number of sulfonamides is 1. The third kappa shape index (κ3) is 5.39. The summed E-state index contributed by atoms with van der Waals surface area (Å²) >= 11 is 0. The van der Waals surface area contributed by atoms with Crippen LogP contribution in [-0.2, 0) is 14.8 Å². The molecule has 2 aromatic rings. The van der Waals surface area contributed by atoms with Gasteiger partial charge in [-0.3, -0.25) is 14.9 Å². The van der Waals surface area contributed by atoms with Gasteiger partial charge >= 0.3 is 5.69 Å². The van der Waals surface area contributed by atoms with Crippen LogP contribution in [0.2, 0.25) is 0 Å². The van der Waals surface area contributed by atoms with Crippen LogP contribution in [-0.4, -0.2) is 43.2 Å². The fourth-order valence-electron chi connectivity index (χ4n) is 3.32. The molecule has 0 aliphatic carbocycles. The molecule has 1 aliphatic rings. The van der Waals surface area contributed by atoms with Crippen molar-refractivity contribution >= 4 is 27.3 Å². The van der Waals surface area contributed by atoms with Crippen molar-refractivity contribution in [2.45, 2.75) is 37.5 Å². The largest absolute Gasteiger partial charge is 0.477 e. The number of benzene rings is 2. The van der Waals surface area contributed by atoms with Gasteiger partial charge in [0, 0.05) is 24.8 Å². The van der Waals surface area contributed by atoms with Gasteiger partial charge in [0.05, 0.1) is 9.82 Å². The lowest BCUT2D eigenvalue weighted by Gasteiger charge is -2.16. The standard InChI is InChI=1S/C21H25N3O6S/c1-15(2)16-6-5-7-17(12-16)22-21(25)14-30-20-9-8-18(13-19(20)24(26)27)31(28,29)23-10-3-4-11-23/h5-9,12-13,15H,3-4,10-11,14H2,1-2H3,(H,22,25). The van der Waals surface area contributed by atoms with Crippen LogP contribution in [0.3, 0.4) is 0 Å². The van der Waals surface area contributed by atoms with E-state index in [0.29, 0.717) is 24.7 Å². The van der Waals surface area contributed by atoms with E-state index in [0.717, 1.165) is 24.5 Å². The van der Waals surface area contributed by atoms with Crippen LogP contribution in [0.1, 0.15) is 38.2 Å². The maximum Gasteiger partial charge on any atom is 0.312 e. The predicted molar refractivity (Wildman–Crippen MR) is 116 cm³/mol. The van der Waals surface area contributed by atoms with Gasteiger partial charge < -0.3 is 10.1 Å². The number of nitrogens with zero attached hydrogens (tertiary/aromatic N) is 2. The van der Waals surface area contributed by atoms with E-state index in [-0.39, 0.29) is 10.6 Å². The van der Waals surface area contributed by atoms with Crippen molar-refractivity contribution < 1.29 is 22.9 Å². The molecule has 1 amide bonds. The third-order valence-corrected chi connectivity index (χ3v) is 6.92. The number of nitrogens with one attached hydrogen (secondary N) is 1.